The van der Waals surface area contributed by atoms with Crippen LogP contribution in [0.2, 0.25) is 0 Å². The van der Waals surface area contributed by atoms with Gasteiger partial charge in [0.25, 0.3) is 5.91 Å². The molecule has 7 heteroatoms. The molecular weight excluding hydrogens is 400 g/mol. The van der Waals surface area contributed by atoms with Crippen LogP contribution < -0.4 is 5.32 Å². The second-order valence-electron chi connectivity index (χ2n) is 8.23. The van der Waals surface area contributed by atoms with Crippen LogP contribution in [0.4, 0.5) is 0 Å². The van der Waals surface area contributed by atoms with Gasteiger partial charge in [0.1, 0.15) is 0 Å². The summed E-state index contributed by atoms with van der Waals surface area (Å²) in [6.07, 6.45) is 3.40. The number of amides is 1. The van der Waals surface area contributed by atoms with Crippen LogP contribution >= 0.6 is 0 Å². The number of nitrogens with zero attached hydrogens (tertiary/aromatic N) is 4. The summed E-state index contributed by atoms with van der Waals surface area (Å²) in [6.45, 7) is 6.00. The van der Waals surface area contributed by atoms with E-state index in [1.165, 1.54) is 0 Å². The topological polar surface area (TPSA) is 88.5 Å². The lowest BCUT2D eigenvalue weighted by molar-refractivity contribution is 0.0944. The smallest absolute Gasteiger partial charge is 0.252 e. The minimum atomic E-state index is -0.319. The van der Waals surface area contributed by atoms with Gasteiger partial charge in [-0.25, -0.2) is 14.6 Å². The molecular formula is C25H24N6O. The van der Waals surface area contributed by atoms with Gasteiger partial charge in [-0.15, -0.1) is 0 Å². The Hall–Kier alpha value is -4.00. The lowest BCUT2D eigenvalue weighted by atomic mass is 9.97. The van der Waals surface area contributed by atoms with Gasteiger partial charge in [-0.05, 0) is 50.1 Å². The molecule has 0 saturated carbocycles. The molecule has 2 N–H and O–H groups in total. The van der Waals surface area contributed by atoms with E-state index in [4.69, 9.17) is 0 Å². The molecule has 0 fully saturated rings. The van der Waals surface area contributed by atoms with Gasteiger partial charge in [-0.3, -0.25) is 4.79 Å². The zero-order valence-corrected chi connectivity index (χ0v) is 18.2. The number of H-pyrrole nitrogens is 1. The summed E-state index contributed by atoms with van der Waals surface area (Å²) in [5, 5.41) is 8.46. The van der Waals surface area contributed by atoms with Crippen LogP contribution in [0, 0.1) is 6.92 Å². The van der Waals surface area contributed by atoms with Crippen LogP contribution in [0.5, 0.6) is 0 Å². The van der Waals surface area contributed by atoms with Crippen molar-refractivity contribution in [3.63, 3.8) is 0 Å². The minimum Gasteiger partial charge on any atom is -0.345 e. The molecule has 2 aromatic carbocycles. The van der Waals surface area contributed by atoms with Gasteiger partial charge in [-0.2, -0.15) is 5.10 Å². The Morgan fingerprint density at radius 2 is 1.88 bits per heavy atom. The van der Waals surface area contributed by atoms with E-state index in [0.29, 0.717) is 5.56 Å². The Bertz CT molecular complexity index is 1420. The van der Waals surface area contributed by atoms with E-state index < -0.39 is 0 Å². The van der Waals surface area contributed by atoms with E-state index >= 15 is 0 Å². The van der Waals surface area contributed by atoms with Crippen LogP contribution in [-0.4, -0.2) is 30.6 Å². The molecule has 32 heavy (non-hydrogen) atoms. The maximum atomic E-state index is 13.6. The van der Waals surface area contributed by atoms with Crippen LogP contribution in [0.1, 0.15) is 53.1 Å². The molecule has 0 aliphatic carbocycles. The SMILES string of the molecule is Cc1cc(C(=O)NC(c2ccccc2)c2ccc3nc[nH]c3c2)c2cnn(C(C)C)c2n1. The standard InChI is InChI=1S/C25H24N6O/c1-15(2)31-24-20(13-28-31)19(11-16(3)29-24)25(32)30-23(17-7-5-4-6-8-17)18-9-10-21-22(12-18)27-14-26-21/h4-15,23H,1-3H3,(H,26,27)(H,30,32). The molecule has 0 aliphatic rings. The van der Waals surface area contributed by atoms with Gasteiger partial charge >= 0.3 is 0 Å². The first kappa shape index (κ1) is 19.9. The molecule has 0 radical (unpaired) electrons. The fraction of sp³-hybridized carbons (Fsp3) is 0.200. The second kappa shape index (κ2) is 7.92. The summed E-state index contributed by atoms with van der Waals surface area (Å²) in [4.78, 5) is 25.7. The highest BCUT2D eigenvalue weighted by molar-refractivity contribution is 6.05. The highest BCUT2D eigenvalue weighted by atomic mass is 16.1. The van der Waals surface area contributed by atoms with Crippen molar-refractivity contribution in [2.45, 2.75) is 32.9 Å². The van der Waals surface area contributed by atoms with Crippen molar-refractivity contribution in [2.75, 3.05) is 0 Å². The molecule has 1 unspecified atom stereocenters. The van der Waals surface area contributed by atoms with Gasteiger partial charge in [-0.1, -0.05) is 36.4 Å². The van der Waals surface area contributed by atoms with Gasteiger partial charge in [0, 0.05) is 11.7 Å². The lowest BCUT2D eigenvalue weighted by Crippen LogP contribution is -2.29. The van der Waals surface area contributed by atoms with Crippen molar-refractivity contribution in [3.8, 4) is 0 Å². The van der Waals surface area contributed by atoms with E-state index in [1.54, 1.807) is 12.5 Å². The molecule has 0 spiro atoms. The number of fused-ring (bicyclic) bond motifs is 2. The van der Waals surface area contributed by atoms with Gasteiger partial charge in [0.2, 0.25) is 0 Å². The molecule has 0 saturated heterocycles. The molecule has 160 valence electrons. The molecule has 5 rings (SSSR count). The first-order valence-corrected chi connectivity index (χ1v) is 10.6. The number of hydrogen-bond donors (Lipinski definition) is 2. The molecule has 7 nitrogen and oxygen atoms in total. The van der Waals surface area contributed by atoms with Gasteiger partial charge < -0.3 is 10.3 Å². The lowest BCUT2D eigenvalue weighted by Gasteiger charge is -2.20. The van der Waals surface area contributed by atoms with E-state index in [1.807, 2.05) is 80.1 Å². The number of pyridine rings is 1. The molecule has 3 aromatic heterocycles. The van der Waals surface area contributed by atoms with Crippen molar-refractivity contribution in [1.82, 2.24) is 30.0 Å². The molecule has 0 bridgehead atoms. The Morgan fingerprint density at radius 1 is 1.06 bits per heavy atom. The molecule has 1 amide bonds. The summed E-state index contributed by atoms with van der Waals surface area (Å²) in [5.74, 6) is -0.164. The third kappa shape index (κ3) is 3.51. The first-order valence-electron chi connectivity index (χ1n) is 10.6. The predicted octanol–water partition coefficient (Wildman–Crippen LogP) is 4.72. The predicted molar refractivity (Wildman–Crippen MR) is 124 cm³/mol. The Labute approximate surface area is 185 Å². The summed E-state index contributed by atoms with van der Waals surface area (Å²) in [7, 11) is 0. The summed E-state index contributed by atoms with van der Waals surface area (Å²) in [5.41, 5.74) is 5.86. The van der Waals surface area contributed by atoms with E-state index in [2.05, 4.69) is 25.4 Å². The molecule has 5 aromatic rings. The van der Waals surface area contributed by atoms with E-state index in [0.717, 1.165) is 38.9 Å². The van der Waals surface area contributed by atoms with Crippen LogP contribution in [0.15, 0.2) is 67.1 Å². The summed E-state index contributed by atoms with van der Waals surface area (Å²) >= 11 is 0. The van der Waals surface area contributed by atoms with Crippen molar-refractivity contribution in [2.24, 2.45) is 0 Å². The average molecular weight is 425 g/mol. The number of aryl methyl sites for hydroxylation is 1. The Morgan fingerprint density at radius 3 is 2.66 bits per heavy atom. The summed E-state index contributed by atoms with van der Waals surface area (Å²) in [6, 6.07) is 17.6. The van der Waals surface area contributed by atoms with Crippen molar-refractivity contribution >= 4 is 28.0 Å². The molecule has 0 aliphatic heterocycles. The third-order valence-electron chi connectivity index (χ3n) is 5.61. The quantitative estimate of drug-likeness (QED) is 0.427. The van der Waals surface area contributed by atoms with Gasteiger partial charge in [0.05, 0.1) is 40.5 Å². The van der Waals surface area contributed by atoms with Crippen molar-refractivity contribution in [3.05, 3.63) is 89.5 Å². The number of hydrogen-bond acceptors (Lipinski definition) is 4. The second-order valence-corrected chi connectivity index (χ2v) is 8.23. The number of nitrogens with one attached hydrogen (secondary N) is 2. The third-order valence-corrected chi connectivity index (χ3v) is 5.61. The minimum absolute atomic E-state index is 0.149. The zero-order chi connectivity index (χ0) is 22.2. The number of benzene rings is 2. The fourth-order valence-electron chi connectivity index (χ4n) is 4.06. The monoisotopic (exact) mass is 424 g/mol. The summed E-state index contributed by atoms with van der Waals surface area (Å²) < 4.78 is 1.85. The van der Waals surface area contributed by atoms with Gasteiger partial charge in [0.15, 0.2) is 5.65 Å². The van der Waals surface area contributed by atoms with Crippen LogP contribution in [0.25, 0.3) is 22.1 Å². The molecule has 1 atom stereocenters. The first-order chi connectivity index (χ1) is 15.5. The highest BCUT2D eigenvalue weighted by Gasteiger charge is 2.22. The number of carbonyl (C=O) groups excluding carboxylic acids is 1. The molecule has 3 heterocycles. The number of carbonyl (C=O) groups is 1. The number of aromatic amines is 1. The number of aromatic nitrogens is 5. The Kier molecular flexibility index (Phi) is 4.93. The normalized spacial score (nSPS) is 12.5. The fourth-order valence-corrected chi connectivity index (χ4v) is 4.06. The Balaban J connectivity index is 1.58. The van der Waals surface area contributed by atoms with Crippen LogP contribution in [-0.2, 0) is 0 Å². The van der Waals surface area contributed by atoms with Crippen molar-refractivity contribution < 1.29 is 4.79 Å². The van der Waals surface area contributed by atoms with E-state index in [9.17, 15) is 4.79 Å². The maximum Gasteiger partial charge on any atom is 0.252 e. The van der Waals surface area contributed by atoms with E-state index in [-0.39, 0.29) is 18.0 Å². The largest absolute Gasteiger partial charge is 0.345 e. The zero-order valence-electron chi connectivity index (χ0n) is 18.2. The average Bonchev–Trinajstić information content (AvgIpc) is 3.43. The van der Waals surface area contributed by atoms with Crippen molar-refractivity contribution in [1.29, 1.82) is 0 Å². The number of imidazole rings is 1. The number of rotatable bonds is 5. The highest BCUT2D eigenvalue weighted by Crippen LogP contribution is 2.27. The van der Waals surface area contributed by atoms with Crippen LogP contribution in [0.3, 0.4) is 0 Å². The maximum absolute atomic E-state index is 13.6.